The Bertz CT molecular complexity index is 4630. The number of aromatic nitrogens is 6. The van der Waals surface area contributed by atoms with Gasteiger partial charge >= 0.3 is 18.1 Å². The number of benzene rings is 5. The highest BCUT2D eigenvalue weighted by atomic mass is 32.2. The van der Waals surface area contributed by atoms with E-state index in [0.717, 1.165) is 22.3 Å². The summed E-state index contributed by atoms with van der Waals surface area (Å²) in [7, 11) is 2.48. The van der Waals surface area contributed by atoms with Gasteiger partial charge in [0, 0.05) is 69.5 Å². The minimum atomic E-state index is -4.13. The van der Waals surface area contributed by atoms with Crippen LogP contribution in [0.4, 0.5) is 19.4 Å². The molecule has 2 amide bonds. The quantitative estimate of drug-likeness (QED) is 0.0255. The summed E-state index contributed by atoms with van der Waals surface area (Å²) < 4.78 is 118. The van der Waals surface area contributed by atoms with Gasteiger partial charge in [0.2, 0.25) is 15.9 Å². The smallest absolute Gasteiger partial charge is 0.410 e. The molecule has 3 saturated heterocycles. The number of anilines is 1. The maximum absolute atomic E-state index is 17.8. The zero-order valence-corrected chi connectivity index (χ0v) is 59.1. The van der Waals surface area contributed by atoms with E-state index >= 15 is 8.78 Å². The first-order valence-corrected chi connectivity index (χ1v) is 35.1. The SMILES string of the molecule is C#Cc1c(F)ccc2cc(OCOC)cc(-c3ncc4c(N5C[C@H]6CC[C@@H](C5)N6C(=O)OC(C)(C)C)nc(OC[C@]5(C(=O)NCCOCCOc6ccc7c(c6)O[C@H](C)CN(Cc6cc(C(CC(=O)OCC)c8cc(OC)c9c(c8)nnn9C)ccc6C)S7(=O)=O)CCCN5C)nc4c3F)c12. The lowest BCUT2D eigenvalue weighted by Gasteiger charge is -2.42. The lowest BCUT2D eigenvalue weighted by molar-refractivity contribution is -0.143. The van der Waals surface area contributed by atoms with Crippen LogP contribution in [0.1, 0.15) is 100 Å². The van der Waals surface area contributed by atoms with Crippen LogP contribution in [0.5, 0.6) is 29.0 Å². The summed E-state index contributed by atoms with van der Waals surface area (Å²) in [5, 5.41) is 12.4. The predicted octanol–water partition coefficient (Wildman–Crippen LogP) is 9.39. The first kappa shape index (κ1) is 71.3. The Kier molecular flexibility index (Phi) is 20.9. The molecule has 3 aromatic heterocycles. The number of ether oxygens (including phenoxy) is 9. The molecule has 0 saturated carbocycles. The fourth-order valence-electron chi connectivity index (χ4n) is 14.0. The number of likely N-dealkylation sites (tertiary alicyclic amines) is 1. The molecule has 4 aliphatic rings. The van der Waals surface area contributed by atoms with E-state index in [2.05, 4.69) is 26.5 Å². The number of piperazine rings is 1. The van der Waals surface area contributed by atoms with Crippen LogP contribution in [0.2, 0.25) is 0 Å². The van der Waals surface area contributed by atoms with Gasteiger partial charge in [0.15, 0.2) is 12.6 Å². The Morgan fingerprint density at radius 1 is 0.911 bits per heavy atom. The second kappa shape index (κ2) is 29.6. The third-order valence-corrected chi connectivity index (χ3v) is 20.8. The molecule has 534 valence electrons. The molecule has 0 radical (unpaired) electrons. The lowest BCUT2D eigenvalue weighted by atomic mass is 9.86. The number of esters is 1. The van der Waals surface area contributed by atoms with Crippen molar-refractivity contribution in [2.75, 3.05) is 98.7 Å². The van der Waals surface area contributed by atoms with Gasteiger partial charge in [-0.3, -0.25) is 24.4 Å². The number of pyridine rings is 1. The average molecular weight is 1410 g/mol. The lowest BCUT2D eigenvalue weighted by Crippen LogP contribution is -2.58. The Morgan fingerprint density at radius 3 is 2.43 bits per heavy atom. The van der Waals surface area contributed by atoms with Crippen LogP contribution < -0.4 is 33.9 Å². The standard InChI is InChI=1S/C73H83F2N11O14S/c1-12-53-57(74)21-17-46-30-52(98-42-92-10)33-55(63(46)53)65-64(75)66-56(36-77-65)68(84-39-49-18-19-50(40-84)86(49)71(89)100-72(5,6)7)79-70(78-66)97-41-73(23-14-25-82(73)8)69(88)76-24-26-94-27-28-96-51-20-22-61-59(34-51)99-44(4)37-85(101(61,90)91)38-48-29-45(16-15-43(48)3)54(35-62(87)95-13-2)47-31-58-67(60(32-47)93-11)83(9)81-80-58/h1,15-17,20-22,29-34,36,44,49-50,54H,13-14,18-19,23-28,35,37-42H2,2-11H3,(H,76,88)/t44-,49-,50+,54?,73+/m1/s1. The van der Waals surface area contributed by atoms with E-state index in [0.29, 0.717) is 79.1 Å². The molecule has 0 aliphatic carbocycles. The number of aryl methyl sites for hydroxylation is 2. The number of nitrogens with zero attached hydrogens (tertiary/aromatic N) is 10. The highest BCUT2D eigenvalue weighted by molar-refractivity contribution is 7.89. The second-order valence-electron chi connectivity index (χ2n) is 26.8. The summed E-state index contributed by atoms with van der Waals surface area (Å²) in [5.74, 6) is 1.24. The first-order valence-electron chi connectivity index (χ1n) is 33.7. The number of rotatable bonds is 24. The van der Waals surface area contributed by atoms with Gasteiger partial charge in [0.25, 0.3) is 0 Å². The first-order chi connectivity index (χ1) is 48.4. The van der Waals surface area contributed by atoms with Crippen molar-refractivity contribution in [3.05, 3.63) is 118 Å². The summed E-state index contributed by atoms with van der Waals surface area (Å²) in [4.78, 5) is 61.2. The van der Waals surface area contributed by atoms with Crippen LogP contribution in [0.3, 0.4) is 0 Å². The number of carbonyl (C=O) groups is 3. The molecular formula is C73H83F2N11O14S. The van der Waals surface area contributed by atoms with Crippen molar-refractivity contribution >= 4 is 66.5 Å². The van der Waals surface area contributed by atoms with Crippen LogP contribution in [0, 0.1) is 30.9 Å². The summed E-state index contributed by atoms with van der Waals surface area (Å²) in [6.07, 6.45) is 8.85. The summed E-state index contributed by atoms with van der Waals surface area (Å²) >= 11 is 0. The molecular weight excluding hydrogens is 1320 g/mol. The zero-order valence-electron chi connectivity index (χ0n) is 58.3. The number of hydrogen-bond donors (Lipinski definition) is 1. The van der Waals surface area contributed by atoms with Crippen LogP contribution in [-0.4, -0.2) is 194 Å². The zero-order chi connectivity index (χ0) is 71.7. The van der Waals surface area contributed by atoms with Crippen LogP contribution in [-0.2, 0) is 52.2 Å². The number of likely N-dealkylation sites (N-methyl/N-ethyl adjacent to an activating group) is 1. The van der Waals surface area contributed by atoms with E-state index in [-0.39, 0.29) is 139 Å². The molecule has 5 aromatic carbocycles. The van der Waals surface area contributed by atoms with E-state index in [1.165, 1.54) is 41.9 Å². The maximum atomic E-state index is 17.8. The van der Waals surface area contributed by atoms with Crippen molar-refractivity contribution in [3.63, 3.8) is 0 Å². The van der Waals surface area contributed by atoms with E-state index in [4.69, 9.17) is 59.0 Å². The molecule has 2 bridgehead atoms. The number of fused-ring (bicyclic) bond motifs is 6. The number of halogens is 2. The minimum Gasteiger partial charge on any atom is -0.494 e. The molecule has 1 N–H and O–H groups in total. The number of methoxy groups -OCH3 is 2. The van der Waals surface area contributed by atoms with Crippen LogP contribution in [0.25, 0.3) is 44.0 Å². The molecule has 8 aromatic rings. The Balaban J connectivity index is 0.714. The van der Waals surface area contributed by atoms with Crippen LogP contribution in [0.15, 0.2) is 83.9 Å². The van der Waals surface area contributed by atoms with Gasteiger partial charge in [0.05, 0.1) is 62.9 Å². The summed E-state index contributed by atoms with van der Waals surface area (Å²) in [5.41, 5.74) is 2.14. The number of hydrogen-bond acceptors (Lipinski definition) is 21. The third-order valence-electron chi connectivity index (χ3n) is 18.9. The molecule has 0 spiro atoms. The third kappa shape index (κ3) is 14.7. The monoisotopic (exact) mass is 1410 g/mol. The Labute approximate surface area is 584 Å². The molecule has 12 rings (SSSR count). The number of amides is 2. The Hall–Kier alpha value is -9.53. The number of terminal acetylenes is 1. The van der Waals surface area contributed by atoms with Gasteiger partial charge in [-0.05, 0) is 151 Å². The minimum absolute atomic E-state index is 0.00787. The number of sulfonamides is 1. The van der Waals surface area contributed by atoms with Gasteiger partial charge in [-0.25, -0.2) is 26.7 Å². The molecule has 5 atom stereocenters. The van der Waals surface area contributed by atoms with E-state index in [1.54, 1.807) is 55.8 Å². The average Bonchev–Trinajstić information content (AvgIpc) is 0.824. The molecule has 3 fully saturated rings. The predicted molar refractivity (Wildman–Crippen MR) is 371 cm³/mol. The second-order valence-corrected chi connectivity index (χ2v) is 28.7. The maximum Gasteiger partial charge on any atom is 0.410 e. The van der Waals surface area contributed by atoms with Crippen molar-refractivity contribution in [3.8, 4) is 52.6 Å². The normalized spacial score (nSPS) is 19.3. The molecule has 28 heteroatoms. The van der Waals surface area contributed by atoms with E-state index < -0.39 is 56.9 Å². The van der Waals surface area contributed by atoms with Crippen molar-refractivity contribution in [2.45, 2.75) is 120 Å². The fraction of sp³-hybridized carbons (Fsp3) is 0.452. The highest BCUT2D eigenvalue weighted by Gasteiger charge is 2.48. The van der Waals surface area contributed by atoms with Gasteiger partial charge < -0.3 is 52.8 Å². The molecule has 7 heterocycles. The Morgan fingerprint density at radius 2 is 1.70 bits per heavy atom. The molecule has 4 aliphatic heterocycles. The largest absolute Gasteiger partial charge is 0.494 e. The fourth-order valence-corrected chi connectivity index (χ4v) is 15.6. The van der Waals surface area contributed by atoms with Gasteiger partial charge in [-0.15, -0.1) is 11.5 Å². The van der Waals surface area contributed by atoms with Gasteiger partial charge in [-0.1, -0.05) is 35.4 Å². The van der Waals surface area contributed by atoms with Crippen molar-refractivity contribution in [1.29, 1.82) is 0 Å². The molecule has 101 heavy (non-hydrogen) atoms. The summed E-state index contributed by atoms with van der Waals surface area (Å²) in [6, 6.07) is 19.3. The van der Waals surface area contributed by atoms with Crippen molar-refractivity contribution < 1.29 is 74.2 Å². The molecule has 25 nitrogen and oxygen atoms in total. The number of carbonyl (C=O) groups excluding carboxylic acids is 3. The van der Waals surface area contributed by atoms with Crippen LogP contribution >= 0.6 is 0 Å². The summed E-state index contributed by atoms with van der Waals surface area (Å²) in [6.45, 7) is 12.5. The molecule has 1 unspecified atom stereocenters. The van der Waals surface area contributed by atoms with Crippen molar-refractivity contribution in [1.82, 2.24) is 49.4 Å². The van der Waals surface area contributed by atoms with E-state index in [9.17, 15) is 22.8 Å². The topological polar surface area (TPSA) is 263 Å². The van der Waals surface area contributed by atoms with E-state index in [1.807, 2.05) is 74.9 Å². The number of nitrogens with one attached hydrogen (secondary N) is 1. The van der Waals surface area contributed by atoms with Gasteiger partial charge in [0.1, 0.15) is 92.2 Å². The van der Waals surface area contributed by atoms with Gasteiger partial charge in [-0.2, -0.15) is 14.3 Å². The van der Waals surface area contributed by atoms with Crippen molar-refractivity contribution in [2.24, 2.45) is 7.05 Å². The highest BCUT2D eigenvalue weighted by Crippen LogP contribution is 2.43.